The molecule has 1 aliphatic rings. The monoisotopic (exact) mass is 293 g/mol. The predicted molar refractivity (Wildman–Crippen MR) is 77.9 cm³/mol. The molecule has 1 unspecified atom stereocenters. The molecule has 0 saturated heterocycles. The molecule has 5 nitrogen and oxygen atoms in total. The second-order valence-electron chi connectivity index (χ2n) is 6.13. The number of furan rings is 1. The standard InChI is InChI=1S/C16H23NO4/c1-10-8-13(12(3)21-10)11(2)17-14(18)9-16(15(19)20)6-4-5-7-16/h8,11H,4-7,9H2,1-3H3,(H,17,18)(H,19,20). The summed E-state index contributed by atoms with van der Waals surface area (Å²) in [5.41, 5.74) is 0.0715. The van der Waals surface area contributed by atoms with Crippen LogP contribution in [0.1, 0.15) is 62.2 Å². The van der Waals surface area contributed by atoms with Crippen molar-refractivity contribution in [3.8, 4) is 0 Å². The van der Waals surface area contributed by atoms with E-state index in [1.807, 2.05) is 26.8 Å². The number of carbonyl (C=O) groups is 2. The van der Waals surface area contributed by atoms with Gasteiger partial charge < -0.3 is 14.8 Å². The molecule has 0 radical (unpaired) electrons. The van der Waals surface area contributed by atoms with Crippen LogP contribution in [0.2, 0.25) is 0 Å². The summed E-state index contributed by atoms with van der Waals surface area (Å²) in [6, 6.07) is 1.73. The maximum absolute atomic E-state index is 12.2. The first-order valence-corrected chi connectivity index (χ1v) is 7.44. The molecule has 1 aromatic heterocycles. The summed E-state index contributed by atoms with van der Waals surface area (Å²) in [4.78, 5) is 23.7. The third kappa shape index (κ3) is 3.28. The highest BCUT2D eigenvalue weighted by Gasteiger charge is 2.43. The lowest BCUT2D eigenvalue weighted by atomic mass is 9.82. The number of hydrogen-bond donors (Lipinski definition) is 2. The van der Waals surface area contributed by atoms with Crippen LogP contribution in [0.5, 0.6) is 0 Å². The summed E-state index contributed by atoms with van der Waals surface area (Å²) in [5, 5.41) is 12.3. The minimum atomic E-state index is -0.870. The molecular weight excluding hydrogens is 270 g/mol. The van der Waals surface area contributed by atoms with E-state index >= 15 is 0 Å². The molecule has 1 aromatic rings. The Morgan fingerprint density at radius 3 is 2.48 bits per heavy atom. The SMILES string of the molecule is Cc1cc(C(C)NC(=O)CC2(C(=O)O)CCCC2)c(C)o1. The van der Waals surface area contributed by atoms with Crippen molar-refractivity contribution in [2.24, 2.45) is 5.41 Å². The van der Waals surface area contributed by atoms with Crippen molar-refractivity contribution < 1.29 is 19.1 Å². The van der Waals surface area contributed by atoms with Gasteiger partial charge in [0.05, 0.1) is 11.5 Å². The molecule has 1 heterocycles. The van der Waals surface area contributed by atoms with Gasteiger partial charge in [-0.2, -0.15) is 0 Å². The normalized spacial score (nSPS) is 18.4. The molecule has 2 N–H and O–H groups in total. The maximum atomic E-state index is 12.2. The van der Waals surface area contributed by atoms with Crippen LogP contribution in [-0.4, -0.2) is 17.0 Å². The highest BCUT2D eigenvalue weighted by atomic mass is 16.4. The molecule has 5 heteroatoms. The Labute approximate surface area is 124 Å². The minimum Gasteiger partial charge on any atom is -0.481 e. The molecular formula is C16H23NO4. The minimum absolute atomic E-state index is 0.0581. The van der Waals surface area contributed by atoms with Crippen molar-refractivity contribution in [1.29, 1.82) is 0 Å². The summed E-state index contributed by atoms with van der Waals surface area (Å²) >= 11 is 0. The van der Waals surface area contributed by atoms with E-state index in [4.69, 9.17) is 4.42 Å². The Kier molecular flexibility index (Phi) is 4.40. The number of carbonyl (C=O) groups excluding carboxylic acids is 1. The molecule has 1 fully saturated rings. The third-order valence-electron chi connectivity index (χ3n) is 4.44. The lowest BCUT2D eigenvalue weighted by Crippen LogP contribution is -2.36. The maximum Gasteiger partial charge on any atom is 0.310 e. The zero-order valence-electron chi connectivity index (χ0n) is 12.9. The lowest BCUT2D eigenvalue weighted by molar-refractivity contribution is -0.151. The van der Waals surface area contributed by atoms with Crippen molar-refractivity contribution in [3.63, 3.8) is 0 Å². The van der Waals surface area contributed by atoms with E-state index in [1.54, 1.807) is 0 Å². The van der Waals surface area contributed by atoms with Gasteiger partial charge in [-0.1, -0.05) is 12.8 Å². The van der Waals surface area contributed by atoms with Crippen molar-refractivity contribution in [1.82, 2.24) is 5.32 Å². The van der Waals surface area contributed by atoms with Gasteiger partial charge in [0.1, 0.15) is 11.5 Å². The first kappa shape index (κ1) is 15.6. The van der Waals surface area contributed by atoms with E-state index in [-0.39, 0.29) is 18.4 Å². The van der Waals surface area contributed by atoms with Crippen molar-refractivity contribution in [2.45, 2.75) is 58.9 Å². The number of hydrogen-bond acceptors (Lipinski definition) is 3. The molecule has 1 amide bonds. The van der Waals surface area contributed by atoms with Crippen molar-refractivity contribution >= 4 is 11.9 Å². The summed E-state index contributed by atoms with van der Waals surface area (Å²) in [5.74, 6) is 0.540. The van der Waals surface area contributed by atoms with E-state index < -0.39 is 11.4 Å². The van der Waals surface area contributed by atoms with Crippen LogP contribution in [0.3, 0.4) is 0 Å². The van der Waals surface area contributed by atoms with Gasteiger partial charge in [0.15, 0.2) is 0 Å². The second-order valence-corrected chi connectivity index (χ2v) is 6.13. The Morgan fingerprint density at radius 1 is 1.38 bits per heavy atom. The van der Waals surface area contributed by atoms with Crippen LogP contribution in [0.25, 0.3) is 0 Å². The summed E-state index contributed by atoms with van der Waals surface area (Å²) in [6.45, 7) is 5.61. The van der Waals surface area contributed by atoms with Gasteiger partial charge in [-0.3, -0.25) is 9.59 Å². The van der Waals surface area contributed by atoms with E-state index in [0.717, 1.165) is 29.9 Å². The van der Waals surface area contributed by atoms with Crippen LogP contribution in [-0.2, 0) is 9.59 Å². The van der Waals surface area contributed by atoms with Crippen LogP contribution in [0, 0.1) is 19.3 Å². The van der Waals surface area contributed by atoms with Gasteiger partial charge in [0.2, 0.25) is 5.91 Å². The first-order valence-electron chi connectivity index (χ1n) is 7.44. The molecule has 1 atom stereocenters. The highest BCUT2D eigenvalue weighted by molar-refractivity contribution is 5.85. The Balaban J connectivity index is 2.01. The predicted octanol–water partition coefficient (Wildman–Crippen LogP) is 3.11. The highest BCUT2D eigenvalue weighted by Crippen LogP contribution is 2.41. The average Bonchev–Trinajstić information content (AvgIpc) is 2.96. The molecule has 2 rings (SSSR count). The molecule has 1 aliphatic carbocycles. The first-order chi connectivity index (χ1) is 9.84. The Hall–Kier alpha value is -1.78. The topological polar surface area (TPSA) is 79.5 Å². The molecule has 0 aliphatic heterocycles. The molecule has 0 aromatic carbocycles. The second kappa shape index (κ2) is 5.92. The van der Waals surface area contributed by atoms with Crippen LogP contribution >= 0.6 is 0 Å². The fourth-order valence-corrected chi connectivity index (χ4v) is 3.28. The summed E-state index contributed by atoms with van der Waals surface area (Å²) in [6.07, 6.45) is 3.01. The average molecular weight is 293 g/mol. The van der Waals surface area contributed by atoms with Gasteiger partial charge in [-0.15, -0.1) is 0 Å². The summed E-state index contributed by atoms with van der Waals surface area (Å²) < 4.78 is 5.46. The fourth-order valence-electron chi connectivity index (χ4n) is 3.28. The number of carboxylic acids is 1. The van der Waals surface area contributed by atoms with Crippen molar-refractivity contribution in [3.05, 3.63) is 23.2 Å². The number of aryl methyl sites for hydroxylation is 2. The smallest absolute Gasteiger partial charge is 0.310 e. The fraction of sp³-hybridized carbons (Fsp3) is 0.625. The van der Waals surface area contributed by atoms with Gasteiger partial charge in [-0.25, -0.2) is 0 Å². The molecule has 0 spiro atoms. The lowest BCUT2D eigenvalue weighted by Gasteiger charge is -2.24. The molecule has 0 bridgehead atoms. The number of carboxylic acid groups (broad SMARTS) is 1. The van der Waals surface area contributed by atoms with Gasteiger partial charge in [0.25, 0.3) is 0 Å². The number of nitrogens with one attached hydrogen (secondary N) is 1. The number of aliphatic carboxylic acids is 1. The Bertz CT molecular complexity index is 540. The van der Waals surface area contributed by atoms with E-state index in [1.165, 1.54) is 0 Å². The van der Waals surface area contributed by atoms with Crippen LogP contribution < -0.4 is 5.32 Å². The number of rotatable bonds is 5. The molecule has 1 saturated carbocycles. The zero-order chi connectivity index (χ0) is 15.6. The van der Waals surface area contributed by atoms with Gasteiger partial charge in [-0.05, 0) is 39.7 Å². The van der Waals surface area contributed by atoms with E-state index in [2.05, 4.69) is 5.32 Å². The van der Waals surface area contributed by atoms with Crippen LogP contribution in [0.15, 0.2) is 10.5 Å². The van der Waals surface area contributed by atoms with Crippen molar-refractivity contribution in [2.75, 3.05) is 0 Å². The van der Waals surface area contributed by atoms with Crippen LogP contribution in [0.4, 0.5) is 0 Å². The summed E-state index contributed by atoms with van der Waals surface area (Å²) in [7, 11) is 0. The zero-order valence-corrected chi connectivity index (χ0v) is 12.9. The quantitative estimate of drug-likeness (QED) is 0.874. The largest absolute Gasteiger partial charge is 0.481 e. The molecule has 116 valence electrons. The number of amides is 1. The third-order valence-corrected chi connectivity index (χ3v) is 4.44. The van der Waals surface area contributed by atoms with E-state index in [9.17, 15) is 14.7 Å². The van der Waals surface area contributed by atoms with Gasteiger partial charge in [0, 0.05) is 12.0 Å². The van der Waals surface area contributed by atoms with Gasteiger partial charge >= 0.3 is 5.97 Å². The van der Waals surface area contributed by atoms with E-state index in [0.29, 0.717) is 12.8 Å². The molecule has 21 heavy (non-hydrogen) atoms. The Morgan fingerprint density at radius 2 is 2.00 bits per heavy atom.